The number of fused-ring (bicyclic) bond motifs is 1. The molecule has 4 rings (SSSR count). The third-order valence-corrected chi connectivity index (χ3v) is 6.57. The predicted octanol–water partition coefficient (Wildman–Crippen LogP) is 2.70. The van der Waals surface area contributed by atoms with Crippen LogP contribution in [0.2, 0.25) is 0 Å². The van der Waals surface area contributed by atoms with Crippen LogP contribution in [-0.4, -0.2) is 40.2 Å². The van der Waals surface area contributed by atoms with Gasteiger partial charge < -0.3 is 10.2 Å². The highest BCUT2D eigenvalue weighted by molar-refractivity contribution is 5.79. The highest BCUT2D eigenvalue weighted by Crippen LogP contribution is 2.39. The molecule has 2 heterocycles. The second-order valence-corrected chi connectivity index (χ2v) is 8.24. The van der Waals surface area contributed by atoms with Gasteiger partial charge in [0.05, 0.1) is 11.7 Å². The Labute approximate surface area is 161 Å². The molecule has 0 radical (unpaired) electrons. The quantitative estimate of drug-likeness (QED) is 0.905. The van der Waals surface area contributed by atoms with Gasteiger partial charge in [0.1, 0.15) is 0 Å². The lowest BCUT2D eigenvalue weighted by atomic mass is 9.87. The lowest BCUT2D eigenvalue weighted by Gasteiger charge is -2.29. The van der Waals surface area contributed by atoms with E-state index in [1.54, 1.807) is 0 Å². The van der Waals surface area contributed by atoms with Crippen molar-refractivity contribution < 1.29 is 4.79 Å². The third-order valence-electron chi connectivity index (χ3n) is 6.57. The number of rotatable bonds is 4. The Hall–Kier alpha value is -2.14. The van der Waals surface area contributed by atoms with E-state index in [2.05, 4.69) is 48.5 Å². The van der Waals surface area contributed by atoms with Crippen LogP contribution in [0.4, 0.5) is 0 Å². The van der Waals surface area contributed by atoms with E-state index < -0.39 is 0 Å². The molecule has 0 saturated carbocycles. The van der Waals surface area contributed by atoms with Crippen molar-refractivity contribution in [1.29, 1.82) is 0 Å². The van der Waals surface area contributed by atoms with E-state index in [0.717, 1.165) is 30.8 Å². The van der Waals surface area contributed by atoms with Gasteiger partial charge in [-0.2, -0.15) is 5.10 Å². The average Bonchev–Trinajstić information content (AvgIpc) is 3.07. The fraction of sp³-hybridized carbons (Fsp3) is 0.545. The number of benzene rings is 1. The van der Waals surface area contributed by atoms with Crippen molar-refractivity contribution in [2.24, 2.45) is 13.0 Å². The monoisotopic (exact) mass is 366 g/mol. The molecule has 1 amide bonds. The molecule has 2 aromatic rings. The van der Waals surface area contributed by atoms with Crippen LogP contribution >= 0.6 is 0 Å². The number of hydrogen-bond acceptors (Lipinski definition) is 3. The summed E-state index contributed by atoms with van der Waals surface area (Å²) in [5.41, 5.74) is 6.39. The Morgan fingerprint density at radius 2 is 1.89 bits per heavy atom. The number of nitrogens with one attached hydrogen (secondary N) is 1. The van der Waals surface area contributed by atoms with Crippen molar-refractivity contribution in [1.82, 2.24) is 20.0 Å². The van der Waals surface area contributed by atoms with E-state index in [1.807, 2.05) is 23.7 Å². The molecular formula is C22H30N4O. The molecule has 0 spiro atoms. The minimum atomic E-state index is 0.120. The molecule has 1 aromatic carbocycles. The van der Waals surface area contributed by atoms with Gasteiger partial charge in [-0.15, -0.1) is 0 Å². The van der Waals surface area contributed by atoms with Crippen LogP contribution in [0.15, 0.2) is 24.3 Å². The standard InChI is InChI=1S/C22H30N4O/c1-14-21(15(2)26(4)24-14)22-18(12-20(27)25(22)3)13-23-19-10-9-16-7-5-6-8-17(16)11-19/h5-8,18-19,22-23H,9-13H2,1-4H3/t18-,19?,22+/m0/s1. The molecule has 1 saturated heterocycles. The van der Waals surface area contributed by atoms with Crippen LogP contribution in [0.3, 0.4) is 0 Å². The molecule has 144 valence electrons. The first kappa shape index (κ1) is 18.2. The van der Waals surface area contributed by atoms with Crippen molar-refractivity contribution in [3.05, 3.63) is 52.3 Å². The molecule has 3 atom stereocenters. The number of hydrogen-bond donors (Lipinski definition) is 1. The van der Waals surface area contributed by atoms with Gasteiger partial charge in [0.25, 0.3) is 0 Å². The molecule has 27 heavy (non-hydrogen) atoms. The van der Waals surface area contributed by atoms with E-state index in [9.17, 15) is 4.79 Å². The average molecular weight is 367 g/mol. The van der Waals surface area contributed by atoms with Crippen molar-refractivity contribution in [3.8, 4) is 0 Å². The zero-order chi connectivity index (χ0) is 19.1. The number of carbonyl (C=O) groups is 1. The van der Waals surface area contributed by atoms with Gasteiger partial charge in [-0.3, -0.25) is 9.48 Å². The Balaban J connectivity index is 1.48. The summed E-state index contributed by atoms with van der Waals surface area (Å²) in [6.45, 7) is 5.04. The maximum absolute atomic E-state index is 12.5. The van der Waals surface area contributed by atoms with Gasteiger partial charge >= 0.3 is 0 Å². The van der Waals surface area contributed by atoms with Crippen LogP contribution in [-0.2, 0) is 24.7 Å². The van der Waals surface area contributed by atoms with Crippen LogP contribution in [0.5, 0.6) is 0 Å². The molecule has 5 nitrogen and oxygen atoms in total. The van der Waals surface area contributed by atoms with Gasteiger partial charge in [-0.05, 0) is 44.2 Å². The minimum Gasteiger partial charge on any atom is -0.338 e. The van der Waals surface area contributed by atoms with Crippen LogP contribution in [0.25, 0.3) is 0 Å². The lowest BCUT2D eigenvalue weighted by Crippen LogP contribution is -2.39. The van der Waals surface area contributed by atoms with Crippen LogP contribution in [0, 0.1) is 19.8 Å². The van der Waals surface area contributed by atoms with Gasteiger partial charge in [0.15, 0.2) is 0 Å². The summed E-state index contributed by atoms with van der Waals surface area (Å²) in [6, 6.07) is 9.39. The molecule has 1 aliphatic carbocycles. The summed E-state index contributed by atoms with van der Waals surface area (Å²) in [5.74, 6) is 0.532. The molecule has 1 unspecified atom stereocenters. The summed E-state index contributed by atoms with van der Waals surface area (Å²) in [7, 11) is 3.92. The van der Waals surface area contributed by atoms with Crippen molar-refractivity contribution in [2.45, 2.75) is 51.6 Å². The maximum atomic E-state index is 12.5. The van der Waals surface area contributed by atoms with Crippen molar-refractivity contribution >= 4 is 5.91 Å². The Morgan fingerprint density at radius 1 is 1.15 bits per heavy atom. The van der Waals surface area contributed by atoms with E-state index >= 15 is 0 Å². The number of likely N-dealkylation sites (tertiary alicyclic amines) is 1. The number of amides is 1. The maximum Gasteiger partial charge on any atom is 0.223 e. The number of carbonyl (C=O) groups excluding carboxylic acids is 1. The highest BCUT2D eigenvalue weighted by Gasteiger charge is 2.41. The Bertz CT molecular complexity index is 856. The largest absolute Gasteiger partial charge is 0.338 e. The molecule has 1 N–H and O–H groups in total. The highest BCUT2D eigenvalue weighted by atomic mass is 16.2. The van der Waals surface area contributed by atoms with Gasteiger partial charge in [-0.1, -0.05) is 24.3 Å². The first-order valence-corrected chi connectivity index (χ1v) is 10.0. The van der Waals surface area contributed by atoms with Crippen LogP contribution in [0.1, 0.15) is 47.0 Å². The Morgan fingerprint density at radius 3 is 2.59 bits per heavy atom. The van der Waals surface area contributed by atoms with Gasteiger partial charge in [0, 0.05) is 50.3 Å². The van der Waals surface area contributed by atoms with Gasteiger partial charge in [-0.25, -0.2) is 0 Å². The van der Waals surface area contributed by atoms with Gasteiger partial charge in [0.2, 0.25) is 5.91 Å². The second kappa shape index (κ2) is 7.12. The van der Waals surface area contributed by atoms with Crippen molar-refractivity contribution in [2.75, 3.05) is 13.6 Å². The van der Waals surface area contributed by atoms with E-state index in [-0.39, 0.29) is 11.9 Å². The SMILES string of the molecule is Cc1nn(C)c(C)c1[C@H]1[C@H](CNC2CCc3ccccc3C2)CC(=O)N1C. The summed E-state index contributed by atoms with van der Waals surface area (Å²) < 4.78 is 1.93. The molecular weight excluding hydrogens is 336 g/mol. The fourth-order valence-electron chi connectivity index (χ4n) is 4.97. The first-order chi connectivity index (χ1) is 13.0. The smallest absolute Gasteiger partial charge is 0.223 e. The van der Waals surface area contributed by atoms with E-state index in [0.29, 0.717) is 18.4 Å². The summed E-state index contributed by atoms with van der Waals surface area (Å²) in [6.07, 6.45) is 4.01. The number of nitrogens with zero attached hydrogens (tertiary/aromatic N) is 3. The Kier molecular flexibility index (Phi) is 4.81. The second-order valence-electron chi connectivity index (χ2n) is 8.24. The minimum absolute atomic E-state index is 0.120. The number of aryl methyl sites for hydroxylation is 3. The zero-order valence-electron chi connectivity index (χ0n) is 16.8. The number of aromatic nitrogens is 2. The predicted molar refractivity (Wildman–Crippen MR) is 107 cm³/mol. The first-order valence-electron chi connectivity index (χ1n) is 10.0. The molecule has 1 aromatic heterocycles. The third kappa shape index (κ3) is 3.29. The summed E-state index contributed by atoms with van der Waals surface area (Å²) in [5, 5.41) is 8.37. The molecule has 2 aliphatic rings. The fourth-order valence-corrected chi connectivity index (χ4v) is 4.97. The van der Waals surface area contributed by atoms with Crippen LogP contribution < -0.4 is 5.32 Å². The molecule has 0 bridgehead atoms. The normalized spacial score (nSPS) is 25.1. The summed E-state index contributed by atoms with van der Waals surface area (Å²) >= 11 is 0. The molecule has 1 fully saturated rings. The lowest BCUT2D eigenvalue weighted by molar-refractivity contribution is -0.127. The summed E-state index contributed by atoms with van der Waals surface area (Å²) in [4.78, 5) is 14.4. The zero-order valence-corrected chi connectivity index (χ0v) is 16.8. The molecule has 1 aliphatic heterocycles. The van der Waals surface area contributed by atoms with E-state index in [4.69, 9.17) is 0 Å². The van der Waals surface area contributed by atoms with E-state index in [1.165, 1.54) is 23.1 Å². The molecule has 5 heteroatoms. The topological polar surface area (TPSA) is 50.2 Å². The van der Waals surface area contributed by atoms with Crippen molar-refractivity contribution in [3.63, 3.8) is 0 Å².